The molecule has 0 N–H and O–H groups in total. The molecule has 1 aliphatic heterocycles. The summed E-state index contributed by atoms with van der Waals surface area (Å²) < 4.78 is 0. The maximum Gasteiger partial charge on any atom is 0.0106 e. The zero-order valence-corrected chi connectivity index (χ0v) is 18.6. The SMILES string of the molecule is CC(C)C1CC(C(C)(C)C)C(C(C)C)SC(C(C)C)C1C(C)C. The summed E-state index contributed by atoms with van der Waals surface area (Å²) in [6.45, 7) is 27.1. The van der Waals surface area contributed by atoms with Gasteiger partial charge in [-0.15, -0.1) is 0 Å². The van der Waals surface area contributed by atoms with E-state index in [0.717, 1.165) is 51.9 Å². The van der Waals surface area contributed by atoms with Crippen LogP contribution in [-0.4, -0.2) is 10.5 Å². The molecule has 0 saturated carbocycles. The summed E-state index contributed by atoms with van der Waals surface area (Å²) in [6.07, 6.45) is 1.42. The van der Waals surface area contributed by atoms with E-state index in [9.17, 15) is 0 Å². The van der Waals surface area contributed by atoms with Gasteiger partial charge in [-0.25, -0.2) is 0 Å². The van der Waals surface area contributed by atoms with Crippen molar-refractivity contribution in [2.75, 3.05) is 0 Å². The van der Waals surface area contributed by atoms with Crippen molar-refractivity contribution in [1.29, 1.82) is 0 Å². The number of hydrogen-bond acceptors (Lipinski definition) is 1. The van der Waals surface area contributed by atoms with Crippen molar-refractivity contribution in [1.82, 2.24) is 0 Å². The fourth-order valence-corrected chi connectivity index (χ4v) is 7.25. The Morgan fingerprint density at radius 3 is 1.48 bits per heavy atom. The van der Waals surface area contributed by atoms with Crippen LogP contribution in [0.1, 0.15) is 82.6 Å². The molecular weight excluding hydrogens is 296 g/mol. The Bertz CT molecular complexity index is 347. The van der Waals surface area contributed by atoms with Gasteiger partial charge in [0, 0.05) is 10.5 Å². The van der Waals surface area contributed by atoms with E-state index in [4.69, 9.17) is 0 Å². The van der Waals surface area contributed by atoms with Crippen LogP contribution >= 0.6 is 11.8 Å². The molecule has 0 aromatic rings. The van der Waals surface area contributed by atoms with Crippen LogP contribution in [0.15, 0.2) is 0 Å². The van der Waals surface area contributed by atoms with Crippen LogP contribution in [0.25, 0.3) is 0 Å². The Kier molecular flexibility index (Phi) is 7.58. The Balaban J connectivity index is 3.36. The second-order valence-corrected chi connectivity index (χ2v) is 11.9. The standard InChI is InChI=1S/C22H44S/c1-13(2)17-12-18(22(9,10)11)20(15(5)6)23-21(16(7)8)19(17)14(3)4/h13-21H,12H2,1-11H3. The summed E-state index contributed by atoms with van der Waals surface area (Å²) in [5.74, 6) is 5.66. The molecule has 0 amide bonds. The normalized spacial score (nSPS) is 33.8. The topological polar surface area (TPSA) is 0 Å². The summed E-state index contributed by atoms with van der Waals surface area (Å²) in [5.41, 5.74) is 0.405. The van der Waals surface area contributed by atoms with Crippen molar-refractivity contribution >= 4 is 11.8 Å². The van der Waals surface area contributed by atoms with Gasteiger partial charge in [0.1, 0.15) is 0 Å². The highest BCUT2D eigenvalue weighted by molar-refractivity contribution is 8.00. The molecule has 0 nitrogen and oxygen atoms in total. The van der Waals surface area contributed by atoms with E-state index >= 15 is 0 Å². The average molecular weight is 341 g/mol. The van der Waals surface area contributed by atoms with Gasteiger partial charge < -0.3 is 0 Å². The van der Waals surface area contributed by atoms with E-state index in [1.54, 1.807) is 0 Å². The molecule has 1 fully saturated rings. The van der Waals surface area contributed by atoms with Gasteiger partial charge >= 0.3 is 0 Å². The first-order valence-electron chi connectivity index (χ1n) is 10.0. The van der Waals surface area contributed by atoms with Gasteiger partial charge in [0.2, 0.25) is 0 Å². The molecule has 5 atom stereocenters. The average Bonchev–Trinajstić information content (AvgIpc) is 2.54. The molecule has 1 rings (SSSR count). The molecule has 1 heterocycles. The summed E-state index contributed by atoms with van der Waals surface area (Å²) in [4.78, 5) is 0. The predicted octanol–water partition coefficient (Wildman–Crippen LogP) is 7.38. The van der Waals surface area contributed by atoms with Crippen LogP contribution < -0.4 is 0 Å². The van der Waals surface area contributed by atoms with E-state index in [1.165, 1.54) is 6.42 Å². The molecule has 0 aliphatic carbocycles. The third kappa shape index (κ3) is 5.16. The molecule has 0 radical (unpaired) electrons. The highest BCUT2D eigenvalue weighted by Crippen LogP contribution is 2.53. The van der Waals surface area contributed by atoms with Crippen LogP contribution in [0.2, 0.25) is 0 Å². The molecule has 0 aromatic carbocycles. The Morgan fingerprint density at radius 1 is 0.696 bits per heavy atom. The first kappa shape index (κ1) is 21.4. The monoisotopic (exact) mass is 340 g/mol. The third-order valence-corrected chi connectivity index (χ3v) is 8.52. The van der Waals surface area contributed by atoms with Crippen LogP contribution in [0, 0.1) is 46.8 Å². The van der Waals surface area contributed by atoms with Gasteiger partial charge in [0.25, 0.3) is 0 Å². The van der Waals surface area contributed by atoms with Crippen molar-refractivity contribution in [3.8, 4) is 0 Å². The van der Waals surface area contributed by atoms with Crippen LogP contribution in [0.3, 0.4) is 0 Å². The van der Waals surface area contributed by atoms with Gasteiger partial charge in [-0.3, -0.25) is 0 Å². The first-order chi connectivity index (χ1) is 10.4. The summed E-state index contributed by atoms with van der Waals surface area (Å²) in [5, 5.41) is 1.61. The fourth-order valence-electron chi connectivity index (χ4n) is 4.86. The number of hydrogen-bond donors (Lipinski definition) is 0. The van der Waals surface area contributed by atoms with Crippen LogP contribution in [0.4, 0.5) is 0 Å². The van der Waals surface area contributed by atoms with E-state index in [0.29, 0.717) is 5.41 Å². The smallest absolute Gasteiger partial charge is 0.0106 e. The maximum absolute atomic E-state index is 2.48. The second kappa shape index (κ2) is 8.15. The Hall–Kier alpha value is 0.350. The lowest BCUT2D eigenvalue weighted by atomic mass is 9.65. The minimum atomic E-state index is 0.405. The molecule has 1 heteroatoms. The Labute approximate surface area is 152 Å². The van der Waals surface area contributed by atoms with Gasteiger partial charge in [-0.2, -0.15) is 11.8 Å². The molecule has 0 bridgehead atoms. The van der Waals surface area contributed by atoms with Gasteiger partial charge in [0.05, 0.1) is 0 Å². The Morgan fingerprint density at radius 2 is 1.17 bits per heavy atom. The largest absolute Gasteiger partial charge is 0.154 e. The van der Waals surface area contributed by atoms with Crippen LogP contribution in [-0.2, 0) is 0 Å². The van der Waals surface area contributed by atoms with E-state index < -0.39 is 0 Å². The van der Waals surface area contributed by atoms with Crippen LogP contribution in [0.5, 0.6) is 0 Å². The van der Waals surface area contributed by atoms with Crippen molar-refractivity contribution in [2.45, 2.75) is 93.1 Å². The zero-order valence-electron chi connectivity index (χ0n) is 17.8. The quantitative estimate of drug-likeness (QED) is 0.514. The van der Waals surface area contributed by atoms with Crippen molar-refractivity contribution in [2.24, 2.45) is 46.8 Å². The first-order valence-corrected chi connectivity index (χ1v) is 11.0. The maximum atomic E-state index is 2.48. The lowest BCUT2D eigenvalue weighted by Crippen LogP contribution is -2.36. The van der Waals surface area contributed by atoms with Crippen molar-refractivity contribution < 1.29 is 0 Å². The summed E-state index contributed by atoms with van der Waals surface area (Å²) in [7, 11) is 0. The minimum absolute atomic E-state index is 0.405. The minimum Gasteiger partial charge on any atom is -0.154 e. The predicted molar refractivity (Wildman–Crippen MR) is 109 cm³/mol. The molecule has 1 saturated heterocycles. The molecular formula is C22H44S. The highest BCUT2D eigenvalue weighted by atomic mass is 32.2. The highest BCUT2D eigenvalue weighted by Gasteiger charge is 2.46. The molecule has 1 aliphatic rings. The molecule has 23 heavy (non-hydrogen) atoms. The molecule has 138 valence electrons. The van der Waals surface area contributed by atoms with Crippen molar-refractivity contribution in [3.05, 3.63) is 0 Å². The van der Waals surface area contributed by atoms with Gasteiger partial charge in [0.15, 0.2) is 0 Å². The third-order valence-electron chi connectivity index (χ3n) is 6.16. The van der Waals surface area contributed by atoms with E-state index in [-0.39, 0.29) is 0 Å². The summed E-state index contributed by atoms with van der Waals surface area (Å²) >= 11 is 2.36. The lowest BCUT2D eigenvalue weighted by Gasteiger charge is -2.40. The fraction of sp³-hybridized carbons (Fsp3) is 1.00. The van der Waals surface area contributed by atoms with Crippen molar-refractivity contribution in [3.63, 3.8) is 0 Å². The molecule has 0 aromatic heterocycles. The van der Waals surface area contributed by atoms with Gasteiger partial charge in [-0.05, 0) is 53.3 Å². The number of rotatable bonds is 4. The molecule has 0 spiro atoms. The number of thioether (sulfide) groups is 1. The zero-order chi connectivity index (χ0) is 18.1. The van der Waals surface area contributed by atoms with E-state index in [1.807, 2.05) is 0 Å². The van der Waals surface area contributed by atoms with Gasteiger partial charge in [-0.1, -0.05) is 76.2 Å². The second-order valence-electron chi connectivity index (χ2n) is 10.5. The lowest BCUT2D eigenvalue weighted by molar-refractivity contribution is 0.107. The van der Waals surface area contributed by atoms with E-state index in [2.05, 4.69) is 87.9 Å². The summed E-state index contributed by atoms with van der Waals surface area (Å²) in [6, 6.07) is 0. The molecule has 5 unspecified atom stereocenters.